The molecular weight excluding hydrogens is 358 g/mol. The van der Waals surface area contributed by atoms with Crippen molar-refractivity contribution < 1.29 is 23.1 Å². The molecule has 0 radical (unpaired) electrons. The number of rotatable bonds is 5. The molecule has 0 unspecified atom stereocenters. The van der Waals surface area contributed by atoms with Crippen LogP contribution in [0.2, 0.25) is 0 Å². The Bertz CT molecular complexity index is 1050. The highest BCUT2D eigenvalue weighted by molar-refractivity contribution is 7.91. The zero-order chi connectivity index (χ0) is 18.9. The Kier molecular flexibility index (Phi) is 4.47. The van der Waals surface area contributed by atoms with Crippen molar-refractivity contribution in [2.24, 2.45) is 0 Å². The minimum absolute atomic E-state index is 0.0784. The maximum Gasteiger partial charge on any atom is 0.335 e. The van der Waals surface area contributed by atoms with E-state index < -0.39 is 15.8 Å². The van der Waals surface area contributed by atoms with Gasteiger partial charge >= 0.3 is 5.97 Å². The van der Waals surface area contributed by atoms with Crippen LogP contribution in [0.15, 0.2) is 58.5 Å². The molecule has 1 aromatic heterocycles. The summed E-state index contributed by atoms with van der Waals surface area (Å²) in [6.07, 6.45) is 0. The van der Waals surface area contributed by atoms with E-state index in [0.717, 1.165) is 0 Å². The van der Waals surface area contributed by atoms with Crippen molar-refractivity contribution >= 4 is 15.8 Å². The SMILES string of the molecule is COc1ccc(S(=O)(=O)c2nnn(-c3ccc(C(=O)O)cc3)c2C)cc1. The molecule has 9 heteroatoms. The van der Waals surface area contributed by atoms with Gasteiger partial charge in [-0.3, -0.25) is 0 Å². The van der Waals surface area contributed by atoms with Crippen LogP contribution in [0.25, 0.3) is 5.69 Å². The number of aromatic carboxylic acids is 1. The molecule has 0 fully saturated rings. The summed E-state index contributed by atoms with van der Waals surface area (Å²) >= 11 is 0. The van der Waals surface area contributed by atoms with Crippen molar-refractivity contribution in [3.63, 3.8) is 0 Å². The lowest BCUT2D eigenvalue weighted by Crippen LogP contribution is -2.06. The van der Waals surface area contributed by atoms with Crippen molar-refractivity contribution in [3.8, 4) is 11.4 Å². The third-order valence-corrected chi connectivity index (χ3v) is 5.61. The van der Waals surface area contributed by atoms with Crippen LogP contribution in [0.1, 0.15) is 16.1 Å². The largest absolute Gasteiger partial charge is 0.497 e. The van der Waals surface area contributed by atoms with Crippen LogP contribution in [0, 0.1) is 6.92 Å². The minimum Gasteiger partial charge on any atom is -0.497 e. The number of hydrogen-bond acceptors (Lipinski definition) is 6. The van der Waals surface area contributed by atoms with Crippen molar-refractivity contribution in [2.45, 2.75) is 16.8 Å². The number of methoxy groups -OCH3 is 1. The van der Waals surface area contributed by atoms with Crippen molar-refractivity contribution in [2.75, 3.05) is 7.11 Å². The lowest BCUT2D eigenvalue weighted by Gasteiger charge is -2.06. The number of carboxylic acid groups (broad SMARTS) is 1. The molecule has 26 heavy (non-hydrogen) atoms. The molecule has 0 aliphatic carbocycles. The zero-order valence-electron chi connectivity index (χ0n) is 13.9. The Morgan fingerprint density at radius 2 is 1.69 bits per heavy atom. The monoisotopic (exact) mass is 373 g/mol. The van der Waals surface area contributed by atoms with Crippen LogP contribution in [-0.2, 0) is 9.84 Å². The van der Waals surface area contributed by atoms with E-state index in [1.54, 1.807) is 19.1 Å². The Hall–Kier alpha value is -3.20. The molecule has 0 aliphatic rings. The lowest BCUT2D eigenvalue weighted by molar-refractivity contribution is 0.0697. The first-order chi connectivity index (χ1) is 12.3. The van der Waals surface area contributed by atoms with Gasteiger partial charge in [-0.15, -0.1) is 5.10 Å². The van der Waals surface area contributed by atoms with E-state index in [9.17, 15) is 13.2 Å². The third kappa shape index (κ3) is 3.04. The first kappa shape index (κ1) is 17.6. The average Bonchev–Trinajstić information content (AvgIpc) is 3.04. The normalized spacial score (nSPS) is 11.3. The molecule has 3 rings (SSSR count). The first-order valence-electron chi connectivity index (χ1n) is 7.50. The Labute approximate surface area is 149 Å². The summed E-state index contributed by atoms with van der Waals surface area (Å²) in [7, 11) is -2.35. The second-order valence-corrected chi connectivity index (χ2v) is 7.29. The summed E-state index contributed by atoms with van der Waals surface area (Å²) in [5.41, 5.74) is 0.956. The van der Waals surface area contributed by atoms with Gasteiger partial charge in [0.1, 0.15) is 5.75 Å². The maximum absolute atomic E-state index is 12.8. The highest BCUT2D eigenvalue weighted by Crippen LogP contribution is 2.25. The van der Waals surface area contributed by atoms with Gasteiger partial charge in [0.2, 0.25) is 14.9 Å². The predicted octanol–water partition coefficient (Wildman–Crippen LogP) is 2.12. The van der Waals surface area contributed by atoms with Gasteiger partial charge in [-0.25, -0.2) is 17.9 Å². The van der Waals surface area contributed by atoms with Gasteiger partial charge in [0, 0.05) is 0 Å². The third-order valence-electron chi connectivity index (χ3n) is 3.84. The van der Waals surface area contributed by atoms with Gasteiger partial charge in [-0.05, 0) is 55.5 Å². The number of aromatic nitrogens is 3. The number of hydrogen-bond donors (Lipinski definition) is 1. The Balaban J connectivity index is 2.01. The molecule has 8 nitrogen and oxygen atoms in total. The summed E-state index contributed by atoms with van der Waals surface area (Å²) in [6.45, 7) is 1.58. The van der Waals surface area contributed by atoms with E-state index in [1.807, 2.05) is 0 Å². The van der Waals surface area contributed by atoms with E-state index in [-0.39, 0.29) is 15.5 Å². The van der Waals surface area contributed by atoms with Gasteiger partial charge in [0.25, 0.3) is 0 Å². The highest BCUT2D eigenvalue weighted by atomic mass is 32.2. The van der Waals surface area contributed by atoms with Gasteiger partial charge in [-0.1, -0.05) is 5.21 Å². The highest BCUT2D eigenvalue weighted by Gasteiger charge is 2.26. The zero-order valence-corrected chi connectivity index (χ0v) is 14.8. The molecule has 1 heterocycles. The van der Waals surface area contributed by atoms with E-state index in [4.69, 9.17) is 9.84 Å². The van der Waals surface area contributed by atoms with E-state index in [2.05, 4.69) is 10.3 Å². The number of carboxylic acids is 1. The minimum atomic E-state index is -3.85. The fourth-order valence-corrected chi connectivity index (χ4v) is 3.76. The van der Waals surface area contributed by atoms with Crippen LogP contribution in [-0.4, -0.2) is 41.6 Å². The first-order valence-corrected chi connectivity index (χ1v) is 8.98. The fraction of sp³-hybridized carbons (Fsp3) is 0.118. The van der Waals surface area contributed by atoms with Crippen LogP contribution < -0.4 is 4.74 Å². The number of benzene rings is 2. The molecular formula is C17H15N3O5S. The number of nitrogens with zero attached hydrogens (tertiary/aromatic N) is 3. The molecule has 1 N–H and O–H groups in total. The average molecular weight is 373 g/mol. The van der Waals surface area contributed by atoms with Crippen LogP contribution >= 0.6 is 0 Å². The Morgan fingerprint density at radius 1 is 1.08 bits per heavy atom. The summed E-state index contributed by atoms with van der Waals surface area (Å²) < 4.78 is 32.0. The topological polar surface area (TPSA) is 111 Å². The van der Waals surface area contributed by atoms with Gasteiger partial charge in [0.15, 0.2) is 0 Å². The number of sulfone groups is 1. The van der Waals surface area contributed by atoms with Gasteiger partial charge in [0.05, 0.1) is 29.0 Å². The molecule has 134 valence electrons. The molecule has 0 spiro atoms. The molecule has 0 saturated heterocycles. The molecule has 2 aromatic carbocycles. The smallest absolute Gasteiger partial charge is 0.335 e. The van der Waals surface area contributed by atoms with Crippen LogP contribution in [0.3, 0.4) is 0 Å². The van der Waals surface area contributed by atoms with Crippen molar-refractivity contribution in [1.29, 1.82) is 0 Å². The number of carbonyl (C=O) groups is 1. The molecule has 0 bridgehead atoms. The molecule has 0 atom stereocenters. The lowest BCUT2D eigenvalue weighted by atomic mass is 10.2. The Morgan fingerprint density at radius 3 is 2.23 bits per heavy atom. The summed E-state index contributed by atoms with van der Waals surface area (Å²) in [5, 5.41) is 16.5. The predicted molar refractivity (Wildman–Crippen MR) is 91.5 cm³/mol. The summed E-state index contributed by atoms with van der Waals surface area (Å²) in [4.78, 5) is 11.0. The standard InChI is InChI=1S/C17H15N3O5S/c1-11-16(26(23,24)15-9-7-14(25-2)8-10-15)18-19-20(11)13-5-3-12(4-6-13)17(21)22/h3-10H,1-2H3,(H,21,22). The van der Waals surface area contributed by atoms with E-state index >= 15 is 0 Å². The summed E-state index contributed by atoms with van der Waals surface area (Å²) in [6, 6.07) is 11.9. The van der Waals surface area contributed by atoms with Gasteiger partial charge < -0.3 is 9.84 Å². The molecule has 0 amide bonds. The second-order valence-electron chi connectivity index (χ2n) is 5.42. The second kappa shape index (κ2) is 6.60. The number of ether oxygens (including phenoxy) is 1. The van der Waals surface area contributed by atoms with E-state index in [1.165, 1.54) is 48.2 Å². The van der Waals surface area contributed by atoms with Crippen LogP contribution in [0.4, 0.5) is 0 Å². The van der Waals surface area contributed by atoms with Crippen LogP contribution in [0.5, 0.6) is 5.75 Å². The van der Waals surface area contributed by atoms with Crippen molar-refractivity contribution in [3.05, 3.63) is 59.8 Å². The molecule has 0 aliphatic heterocycles. The molecule has 0 saturated carbocycles. The quantitative estimate of drug-likeness (QED) is 0.729. The van der Waals surface area contributed by atoms with E-state index in [0.29, 0.717) is 17.1 Å². The fourth-order valence-electron chi connectivity index (χ4n) is 2.42. The maximum atomic E-state index is 12.8. The van der Waals surface area contributed by atoms with Gasteiger partial charge in [-0.2, -0.15) is 0 Å². The summed E-state index contributed by atoms with van der Waals surface area (Å²) in [5.74, 6) is -0.502. The molecule has 3 aromatic rings. The van der Waals surface area contributed by atoms with Crippen molar-refractivity contribution in [1.82, 2.24) is 15.0 Å².